The van der Waals surface area contributed by atoms with E-state index in [4.69, 9.17) is 4.89 Å². The molecule has 3 aromatic carbocycles. The highest BCUT2D eigenvalue weighted by molar-refractivity contribution is 7.79. The number of rotatable bonds is 3. The lowest BCUT2D eigenvalue weighted by Gasteiger charge is -2.18. The fourth-order valence-corrected chi connectivity index (χ4v) is 4.48. The van der Waals surface area contributed by atoms with Crippen molar-refractivity contribution < 1.29 is 4.89 Å². The van der Waals surface area contributed by atoms with Crippen molar-refractivity contribution >= 4 is 33.3 Å². The summed E-state index contributed by atoms with van der Waals surface area (Å²) in [4.78, 5) is 6.92. The smallest absolute Gasteiger partial charge is 0.00391 e. The predicted molar refractivity (Wildman–Crippen MR) is 97.1 cm³/mol. The summed E-state index contributed by atoms with van der Waals surface area (Å²) in [7, 11) is 0.971. The lowest BCUT2D eigenvalue weighted by Crippen LogP contribution is -2.20. The SMILES string of the molecule is OP.c1ccc(P(c2ccccc2)c2ccccc2)cc1. The molecule has 1 N–H and O–H groups in total. The van der Waals surface area contributed by atoms with E-state index in [0.29, 0.717) is 0 Å². The van der Waals surface area contributed by atoms with Gasteiger partial charge in [-0.05, 0) is 33.3 Å². The van der Waals surface area contributed by atoms with Crippen molar-refractivity contribution in [1.29, 1.82) is 0 Å². The topological polar surface area (TPSA) is 20.2 Å². The van der Waals surface area contributed by atoms with Gasteiger partial charge in [-0.15, -0.1) is 0 Å². The summed E-state index contributed by atoms with van der Waals surface area (Å²) in [6, 6.07) is 32.3. The standard InChI is InChI=1S/C18H15P.H3OP/c1-4-10-16(11-5-1)19(17-12-6-2-7-13-17)18-14-8-3-9-15-18;1-2/h1-15H;1H,2H2. The fourth-order valence-electron chi connectivity index (χ4n) is 2.18. The first-order chi connectivity index (χ1) is 10.4. The van der Waals surface area contributed by atoms with Crippen LogP contribution < -0.4 is 15.9 Å². The minimum atomic E-state index is -0.446. The van der Waals surface area contributed by atoms with Crippen molar-refractivity contribution in [3.05, 3.63) is 91.0 Å². The van der Waals surface area contributed by atoms with Crippen LogP contribution in [-0.2, 0) is 0 Å². The van der Waals surface area contributed by atoms with Gasteiger partial charge in [-0.3, -0.25) is 0 Å². The molecule has 0 radical (unpaired) electrons. The molecule has 0 fully saturated rings. The van der Waals surface area contributed by atoms with Crippen LogP contribution in [0.3, 0.4) is 0 Å². The van der Waals surface area contributed by atoms with Crippen LogP contribution in [0.4, 0.5) is 0 Å². The van der Waals surface area contributed by atoms with Crippen LogP contribution >= 0.6 is 17.4 Å². The van der Waals surface area contributed by atoms with Crippen molar-refractivity contribution in [2.24, 2.45) is 0 Å². The van der Waals surface area contributed by atoms with E-state index in [2.05, 4.69) is 91.0 Å². The van der Waals surface area contributed by atoms with Crippen LogP contribution in [0.1, 0.15) is 0 Å². The number of benzene rings is 3. The van der Waals surface area contributed by atoms with Gasteiger partial charge in [0.05, 0.1) is 0 Å². The van der Waals surface area contributed by atoms with E-state index in [1.54, 1.807) is 0 Å². The molecule has 0 saturated carbocycles. The van der Waals surface area contributed by atoms with Crippen LogP contribution in [0.5, 0.6) is 0 Å². The van der Waals surface area contributed by atoms with Gasteiger partial charge in [0.25, 0.3) is 0 Å². The Kier molecular flexibility index (Phi) is 6.57. The molecule has 0 spiro atoms. The summed E-state index contributed by atoms with van der Waals surface area (Å²) < 4.78 is 0. The molecule has 106 valence electrons. The zero-order valence-corrected chi connectivity index (χ0v) is 13.7. The highest BCUT2D eigenvalue weighted by atomic mass is 31.1. The lowest BCUT2D eigenvalue weighted by atomic mass is 10.4. The maximum Gasteiger partial charge on any atom is -0.00391 e. The van der Waals surface area contributed by atoms with E-state index in [-0.39, 0.29) is 0 Å². The number of hydrogen-bond acceptors (Lipinski definition) is 1. The molecule has 0 aliphatic heterocycles. The third kappa shape index (κ3) is 4.22. The Hall–Kier alpha value is -1.52. The van der Waals surface area contributed by atoms with E-state index in [9.17, 15) is 0 Å². The minimum Gasteiger partial charge on any atom is -0.380 e. The summed E-state index contributed by atoms with van der Waals surface area (Å²) in [5, 5.41) is 4.19. The molecule has 0 aliphatic rings. The Balaban J connectivity index is 0.000000774. The second-order valence-electron chi connectivity index (χ2n) is 4.34. The molecule has 0 heterocycles. The van der Waals surface area contributed by atoms with Crippen LogP contribution in [0.25, 0.3) is 0 Å². The van der Waals surface area contributed by atoms with Gasteiger partial charge in [-0.25, -0.2) is 0 Å². The number of hydrogen-bond donors (Lipinski definition) is 1. The Labute approximate surface area is 129 Å². The maximum atomic E-state index is 6.92. The Bertz CT molecular complexity index is 533. The van der Waals surface area contributed by atoms with Crippen LogP contribution in [0.15, 0.2) is 91.0 Å². The fraction of sp³-hybridized carbons (Fsp3) is 0. The van der Waals surface area contributed by atoms with Crippen molar-refractivity contribution in [3.8, 4) is 0 Å². The molecule has 0 aliphatic carbocycles. The van der Waals surface area contributed by atoms with Gasteiger partial charge in [0.2, 0.25) is 0 Å². The monoisotopic (exact) mass is 312 g/mol. The molecule has 1 unspecified atom stereocenters. The van der Waals surface area contributed by atoms with E-state index < -0.39 is 7.92 Å². The van der Waals surface area contributed by atoms with Gasteiger partial charge in [-0.2, -0.15) is 0 Å². The van der Waals surface area contributed by atoms with Crippen LogP contribution in [0.2, 0.25) is 0 Å². The van der Waals surface area contributed by atoms with Crippen molar-refractivity contribution in [2.45, 2.75) is 0 Å². The minimum absolute atomic E-state index is 0.446. The van der Waals surface area contributed by atoms with Gasteiger partial charge >= 0.3 is 0 Å². The van der Waals surface area contributed by atoms with Gasteiger partial charge in [0.15, 0.2) is 0 Å². The van der Waals surface area contributed by atoms with Crippen molar-refractivity contribution in [3.63, 3.8) is 0 Å². The summed E-state index contributed by atoms with van der Waals surface area (Å²) >= 11 is 0. The summed E-state index contributed by atoms with van der Waals surface area (Å²) in [5.41, 5.74) is 0. The largest absolute Gasteiger partial charge is 0.380 e. The molecule has 0 aromatic heterocycles. The predicted octanol–water partition coefficient (Wildman–Crippen LogP) is 3.21. The summed E-state index contributed by atoms with van der Waals surface area (Å²) in [6.07, 6.45) is 0. The van der Waals surface area contributed by atoms with Gasteiger partial charge < -0.3 is 4.89 Å². The van der Waals surface area contributed by atoms with Crippen LogP contribution in [-0.4, -0.2) is 4.89 Å². The van der Waals surface area contributed by atoms with Gasteiger partial charge in [-0.1, -0.05) is 91.0 Å². The molecule has 3 aromatic rings. The molecular weight excluding hydrogens is 294 g/mol. The highest BCUT2D eigenvalue weighted by Crippen LogP contribution is 2.32. The second-order valence-corrected chi connectivity index (χ2v) is 6.56. The molecule has 0 saturated heterocycles. The maximum absolute atomic E-state index is 6.92. The Morgan fingerprint density at radius 3 is 0.952 bits per heavy atom. The average Bonchev–Trinajstić information content (AvgIpc) is 2.60. The second kappa shape index (κ2) is 8.70. The zero-order chi connectivity index (χ0) is 14.9. The normalized spacial score (nSPS) is 9.86. The summed E-state index contributed by atoms with van der Waals surface area (Å²) in [5.74, 6) is 0. The quantitative estimate of drug-likeness (QED) is 0.736. The van der Waals surface area contributed by atoms with Crippen LogP contribution in [0, 0.1) is 0 Å². The van der Waals surface area contributed by atoms with E-state index in [1.807, 2.05) is 0 Å². The molecule has 21 heavy (non-hydrogen) atoms. The summed E-state index contributed by atoms with van der Waals surface area (Å²) in [6.45, 7) is 0. The third-order valence-electron chi connectivity index (χ3n) is 3.04. The molecule has 1 nitrogen and oxygen atoms in total. The Morgan fingerprint density at radius 2 is 0.714 bits per heavy atom. The van der Waals surface area contributed by atoms with Crippen molar-refractivity contribution in [2.75, 3.05) is 0 Å². The van der Waals surface area contributed by atoms with E-state index >= 15 is 0 Å². The third-order valence-corrected chi connectivity index (χ3v) is 5.49. The molecule has 0 bridgehead atoms. The molecule has 0 amide bonds. The average molecular weight is 312 g/mol. The van der Waals surface area contributed by atoms with E-state index in [1.165, 1.54) is 25.4 Å². The molecule has 1 atom stereocenters. The lowest BCUT2D eigenvalue weighted by molar-refractivity contribution is 0.664. The van der Waals surface area contributed by atoms with Crippen molar-refractivity contribution in [1.82, 2.24) is 0 Å². The first-order valence-corrected chi connectivity index (χ1v) is 8.52. The molecular formula is C18H18OP2. The zero-order valence-electron chi connectivity index (χ0n) is 11.6. The highest BCUT2D eigenvalue weighted by Gasteiger charge is 2.14. The van der Waals surface area contributed by atoms with Gasteiger partial charge in [0, 0.05) is 0 Å². The Morgan fingerprint density at radius 1 is 0.476 bits per heavy atom. The van der Waals surface area contributed by atoms with Gasteiger partial charge in [0.1, 0.15) is 0 Å². The first-order valence-electron chi connectivity index (χ1n) is 6.66. The molecule has 3 rings (SSSR count). The van der Waals surface area contributed by atoms with E-state index in [0.717, 1.165) is 0 Å². The first kappa shape index (κ1) is 15.9. The molecule has 3 heteroatoms.